The van der Waals surface area contributed by atoms with Gasteiger partial charge in [0.05, 0.1) is 16.0 Å². The molecule has 1 unspecified atom stereocenters. The molecule has 0 aromatic rings. The quantitative estimate of drug-likeness (QED) is 0.221. The van der Waals surface area contributed by atoms with Crippen molar-refractivity contribution in [3.8, 4) is 0 Å². The Morgan fingerprint density at radius 1 is 1.36 bits per heavy atom. The molecule has 2 heterocycles. The Hall–Kier alpha value is -2.95. The fourth-order valence-corrected chi connectivity index (χ4v) is 4.98. The Balaban J connectivity index is 2.54. The molecule has 2 aliphatic heterocycles. The van der Waals surface area contributed by atoms with E-state index in [1.54, 1.807) is 38.6 Å². The minimum atomic E-state index is -4.31. The summed E-state index contributed by atoms with van der Waals surface area (Å²) in [4.78, 5) is 11.3. The Labute approximate surface area is 235 Å². The average molecular weight is 566 g/mol. The van der Waals surface area contributed by atoms with Crippen LogP contribution in [0.5, 0.6) is 0 Å². The van der Waals surface area contributed by atoms with E-state index in [9.17, 15) is 13.2 Å². The number of aliphatic imine (C=N–C) groups is 2. The van der Waals surface area contributed by atoms with Crippen molar-refractivity contribution in [2.24, 2.45) is 32.2 Å². The first-order valence-electron chi connectivity index (χ1n) is 12.9. The lowest BCUT2D eigenvalue weighted by Crippen LogP contribution is -2.42. The van der Waals surface area contributed by atoms with Crippen LogP contribution in [-0.4, -0.2) is 48.3 Å². The summed E-state index contributed by atoms with van der Waals surface area (Å²) in [6.07, 6.45) is 6.80. The second-order valence-corrected chi connectivity index (χ2v) is 12.0. The topological polar surface area (TPSA) is 90.4 Å². The first kappa shape index (κ1) is 32.3. The highest BCUT2D eigenvalue weighted by molar-refractivity contribution is 8.02. The zero-order valence-electron chi connectivity index (χ0n) is 24.0. The summed E-state index contributed by atoms with van der Waals surface area (Å²) in [7, 11) is 1.67. The number of nitrogens with two attached hydrogens (primary N) is 1. The minimum absolute atomic E-state index is 0.112. The lowest BCUT2D eigenvalue weighted by atomic mass is 9.86. The molecule has 1 saturated heterocycles. The first-order chi connectivity index (χ1) is 18.1. The molecule has 1 fully saturated rings. The molecule has 4 N–H and O–H groups in total. The number of nitrogens with one attached hydrogen (secondary N) is 2. The monoisotopic (exact) mass is 565 g/mol. The Morgan fingerprint density at radius 3 is 2.62 bits per heavy atom. The summed E-state index contributed by atoms with van der Waals surface area (Å²) in [6, 6.07) is 0. The fourth-order valence-electron chi connectivity index (χ4n) is 4.32. The summed E-state index contributed by atoms with van der Waals surface area (Å²) in [6.45, 7) is 15.8. The van der Waals surface area contributed by atoms with Gasteiger partial charge in [-0.15, -0.1) is 0 Å². The van der Waals surface area contributed by atoms with Gasteiger partial charge in [0.25, 0.3) is 0 Å². The smallest absolute Gasteiger partial charge is 0.393 e. The van der Waals surface area contributed by atoms with Crippen LogP contribution in [0.2, 0.25) is 0 Å². The van der Waals surface area contributed by atoms with Gasteiger partial charge in [0.2, 0.25) is 0 Å². The van der Waals surface area contributed by atoms with Crippen molar-refractivity contribution in [3.05, 3.63) is 58.7 Å². The average Bonchev–Trinajstić information content (AvgIpc) is 3.07. The molecule has 2 rings (SSSR count). The minimum Gasteiger partial charge on any atom is -0.401 e. The maximum atomic E-state index is 13.5. The molecule has 0 radical (unpaired) electrons. The molecule has 0 amide bonds. The third-order valence-electron chi connectivity index (χ3n) is 6.71. The molecule has 7 nitrogen and oxygen atoms in total. The van der Waals surface area contributed by atoms with Crippen LogP contribution in [0.1, 0.15) is 60.8 Å². The fraction of sp³-hybridized carbons (Fsp3) is 0.536. The van der Waals surface area contributed by atoms with Crippen LogP contribution >= 0.6 is 11.9 Å². The summed E-state index contributed by atoms with van der Waals surface area (Å²) in [5.41, 5.74) is 9.57. The predicted octanol–water partition coefficient (Wildman–Crippen LogP) is 6.43. The lowest BCUT2D eigenvalue weighted by Gasteiger charge is -2.36. The van der Waals surface area contributed by atoms with E-state index < -0.39 is 11.6 Å². The number of rotatable bonds is 9. The zero-order valence-corrected chi connectivity index (χ0v) is 24.8. The van der Waals surface area contributed by atoms with Crippen molar-refractivity contribution in [3.63, 3.8) is 0 Å². The van der Waals surface area contributed by atoms with Crippen molar-refractivity contribution < 1.29 is 13.2 Å². The standard InChI is InChI=1S/C28H42F3N7S/c1-19-16-27(6,7)38(18-19)25-23(21(3)37-39-24(17-33-8)20(2)32)10-9-14-34-15-12-22(35-36-25)11-13-26(4,5)28(29,30)31/h9-10,12,14-15,17,19,36-37H,3,11,13,16,18,32H2,1-2,4-8H3/b10-9?,15-12-,24-20?,25-23?,33-17?,34-14?,35-22-. The van der Waals surface area contributed by atoms with Gasteiger partial charge in [0.1, 0.15) is 5.82 Å². The first-order valence-corrected chi connectivity index (χ1v) is 13.7. The number of alkyl halides is 3. The van der Waals surface area contributed by atoms with Gasteiger partial charge in [-0.2, -0.15) is 18.3 Å². The van der Waals surface area contributed by atoms with Crippen molar-refractivity contribution in [2.45, 2.75) is 72.5 Å². The van der Waals surface area contributed by atoms with Gasteiger partial charge in [-0.1, -0.05) is 27.4 Å². The van der Waals surface area contributed by atoms with Crippen molar-refractivity contribution in [1.82, 2.24) is 15.0 Å². The Morgan fingerprint density at radius 2 is 2.05 bits per heavy atom. The van der Waals surface area contributed by atoms with E-state index >= 15 is 0 Å². The van der Waals surface area contributed by atoms with Crippen LogP contribution < -0.4 is 15.9 Å². The molecule has 0 aromatic heterocycles. The molecule has 2 aliphatic rings. The Kier molecular flexibility index (Phi) is 11.1. The molecule has 1 atom stereocenters. The van der Waals surface area contributed by atoms with Crippen LogP contribution in [-0.2, 0) is 0 Å². The number of allylic oxidation sites excluding steroid dienone is 5. The van der Waals surface area contributed by atoms with E-state index in [1.807, 2.05) is 6.08 Å². The number of hydrogen-bond donors (Lipinski definition) is 3. The highest BCUT2D eigenvalue weighted by Crippen LogP contribution is 2.41. The maximum absolute atomic E-state index is 13.5. The van der Waals surface area contributed by atoms with E-state index in [4.69, 9.17) is 5.73 Å². The van der Waals surface area contributed by atoms with Crippen LogP contribution in [0.25, 0.3) is 0 Å². The molecule has 39 heavy (non-hydrogen) atoms. The van der Waals surface area contributed by atoms with Crippen LogP contribution in [0.3, 0.4) is 0 Å². The number of halogens is 3. The lowest BCUT2D eigenvalue weighted by molar-refractivity contribution is -0.213. The number of likely N-dealkylation sites (tertiary alicyclic amines) is 1. The van der Waals surface area contributed by atoms with Gasteiger partial charge in [-0.05, 0) is 76.1 Å². The third kappa shape index (κ3) is 9.05. The molecule has 0 aliphatic carbocycles. The highest BCUT2D eigenvalue weighted by Gasteiger charge is 2.46. The molecule has 0 spiro atoms. The zero-order chi connectivity index (χ0) is 29.4. The van der Waals surface area contributed by atoms with Gasteiger partial charge < -0.3 is 15.4 Å². The number of nitrogens with zero attached hydrogens (tertiary/aromatic N) is 4. The summed E-state index contributed by atoms with van der Waals surface area (Å²) in [5.74, 6) is 1.13. The molecular weight excluding hydrogens is 523 g/mol. The predicted molar refractivity (Wildman–Crippen MR) is 159 cm³/mol. The van der Waals surface area contributed by atoms with E-state index in [2.05, 4.69) is 57.5 Å². The summed E-state index contributed by atoms with van der Waals surface area (Å²) in [5, 5.41) is 4.59. The van der Waals surface area contributed by atoms with Crippen molar-refractivity contribution >= 4 is 30.1 Å². The summed E-state index contributed by atoms with van der Waals surface area (Å²) >= 11 is 1.29. The van der Waals surface area contributed by atoms with Gasteiger partial charge in [-0.25, -0.2) is 0 Å². The third-order valence-corrected chi connectivity index (χ3v) is 7.71. The number of hydrogen-bond acceptors (Lipinski definition) is 8. The van der Waals surface area contributed by atoms with Gasteiger partial charge in [-0.3, -0.25) is 15.4 Å². The van der Waals surface area contributed by atoms with Gasteiger partial charge in [0.15, 0.2) is 0 Å². The van der Waals surface area contributed by atoms with E-state index in [1.165, 1.54) is 32.0 Å². The van der Waals surface area contributed by atoms with Crippen LogP contribution in [0.15, 0.2) is 73.8 Å². The SMILES string of the molecule is C=C(NSC(C=NC)=C(C)N)C1=C(N2CC(C)CC2(C)C)N/N=C(CCC(C)(C)C(F)(F)F)\C=C/N=CC=C1. The van der Waals surface area contributed by atoms with E-state index in [0.717, 1.165) is 23.4 Å². The normalized spacial score (nSPS) is 23.2. The second kappa shape index (κ2) is 13.4. The molecule has 0 saturated carbocycles. The molecule has 0 bridgehead atoms. The van der Waals surface area contributed by atoms with E-state index in [0.29, 0.717) is 28.8 Å². The maximum Gasteiger partial charge on any atom is 0.393 e. The summed E-state index contributed by atoms with van der Waals surface area (Å²) < 4.78 is 43.8. The van der Waals surface area contributed by atoms with E-state index in [-0.39, 0.29) is 18.4 Å². The van der Waals surface area contributed by atoms with Gasteiger partial charge >= 0.3 is 6.18 Å². The molecule has 0 aromatic carbocycles. The number of hydrazone groups is 1. The van der Waals surface area contributed by atoms with Crippen molar-refractivity contribution in [2.75, 3.05) is 13.6 Å². The molecule has 11 heteroatoms. The molecule has 216 valence electrons. The van der Waals surface area contributed by atoms with Crippen LogP contribution in [0, 0.1) is 11.3 Å². The van der Waals surface area contributed by atoms with Gasteiger partial charge in [0, 0.05) is 54.7 Å². The van der Waals surface area contributed by atoms with Crippen molar-refractivity contribution in [1.29, 1.82) is 0 Å². The molecular formula is C28H42F3N7S. The largest absolute Gasteiger partial charge is 0.401 e. The highest BCUT2D eigenvalue weighted by atomic mass is 32.2. The second-order valence-electron chi connectivity index (χ2n) is 11.2. The van der Waals surface area contributed by atoms with Crippen LogP contribution in [0.4, 0.5) is 13.2 Å². The Bertz CT molecular complexity index is 1100.